The molecule has 6 heteroatoms. The molecule has 30 heavy (non-hydrogen) atoms. The Morgan fingerprint density at radius 3 is 2.50 bits per heavy atom. The first-order chi connectivity index (χ1) is 14.5. The van der Waals surface area contributed by atoms with Crippen molar-refractivity contribution in [3.8, 4) is 5.75 Å². The third-order valence-electron chi connectivity index (χ3n) is 6.07. The summed E-state index contributed by atoms with van der Waals surface area (Å²) in [6, 6.07) is 13.9. The minimum absolute atomic E-state index is 0.0545. The summed E-state index contributed by atoms with van der Waals surface area (Å²) in [5.41, 5.74) is 3.98. The lowest BCUT2D eigenvalue weighted by atomic mass is 10.0. The number of carbonyl (C=O) groups is 2. The van der Waals surface area contributed by atoms with E-state index in [4.69, 9.17) is 4.74 Å². The summed E-state index contributed by atoms with van der Waals surface area (Å²) in [5.74, 6) is 1.07. The number of ether oxygens (including phenoxy) is 1. The molecule has 0 aromatic heterocycles. The van der Waals surface area contributed by atoms with Crippen molar-refractivity contribution in [1.82, 2.24) is 4.90 Å². The molecule has 0 unspecified atom stereocenters. The Morgan fingerprint density at radius 1 is 0.967 bits per heavy atom. The Hall–Kier alpha value is -2.86. The third-order valence-corrected chi connectivity index (χ3v) is 6.07. The molecule has 1 saturated heterocycles. The average Bonchev–Trinajstić information content (AvgIpc) is 3.06. The first kappa shape index (κ1) is 20.4. The largest absolute Gasteiger partial charge is 0.497 e. The molecule has 0 N–H and O–H groups in total. The van der Waals surface area contributed by atoms with Crippen LogP contribution in [-0.4, -0.2) is 63.0 Å². The number of carbonyl (C=O) groups excluding carboxylic acids is 2. The Kier molecular flexibility index (Phi) is 6.04. The molecular formula is C24H29N3O3. The second-order valence-corrected chi connectivity index (χ2v) is 8.00. The molecule has 158 valence electrons. The van der Waals surface area contributed by atoms with Crippen molar-refractivity contribution in [2.45, 2.75) is 19.8 Å². The fourth-order valence-corrected chi connectivity index (χ4v) is 4.38. The maximum absolute atomic E-state index is 12.9. The number of anilines is 2. The molecule has 0 aliphatic carbocycles. The molecule has 0 spiro atoms. The summed E-state index contributed by atoms with van der Waals surface area (Å²) >= 11 is 0. The second-order valence-electron chi connectivity index (χ2n) is 8.00. The van der Waals surface area contributed by atoms with Crippen LogP contribution in [0.5, 0.6) is 5.75 Å². The van der Waals surface area contributed by atoms with Crippen LogP contribution in [0.3, 0.4) is 0 Å². The van der Waals surface area contributed by atoms with Crippen molar-refractivity contribution in [3.63, 3.8) is 0 Å². The summed E-state index contributed by atoms with van der Waals surface area (Å²) < 4.78 is 5.25. The van der Waals surface area contributed by atoms with Crippen molar-refractivity contribution in [3.05, 3.63) is 53.6 Å². The van der Waals surface area contributed by atoms with E-state index in [0.717, 1.165) is 61.6 Å². The SMILES string of the molecule is COc1ccc(N2CCCN(CC(=O)c3ccc4c(c3)CCN4C(C)=O)CC2)cc1. The van der Waals surface area contributed by atoms with Gasteiger partial charge in [0.05, 0.1) is 13.7 Å². The van der Waals surface area contributed by atoms with Crippen molar-refractivity contribution in [1.29, 1.82) is 0 Å². The van der Waals surface area contributed by atoms with Gasteiger partial charge in [-0.15, -0.1) is 0 Å². The number of hydrogen-bond donors (Lipinski definition) is 0. The van der Waals surface area contributed by atoms with Gasteiger partial charge >= 0.3 is 0 Å². The topological polar surface area (TPSA) is 53.1 Å². The summed E-state index contributed by atoms with van der Waals surface area (Å²) in [5, 5.41) is 0. The minimum Gasteiger partial charge on any atom is -0.497 e. The number of fused-ring (bicyclic) bond motifs is 1. The number of methoxy groups -OCH3 is 1. The number of amides is 1. The number of hydrogen-bond acceptors (Lipinski definition) is 5. The Balaban J connectivity index is 1.36. The van der Waals surface area contributed by atoms with E-state index in [9.17, 15) is 9.59 Å². The van der Waals surface area contributed by atoms with Gasteiger partial charge in [0.15, 0.2) is 5.78 Å². The molecule has 0 bridgehead atoms. The van der Waals surface area contributed by atoms with Crippen molar-refractivity contribution >= 4 is 23.1 Å². The van der Waals surface area contributed by atoms with E-state index < -0.39 is 0 Å². The molecule has 2 aromatic rings. The summed E-state index contributed by atoms with van der Waals surface area (Å²) in [6.45, 7) is 6.39. The summed E-state index contributed by atoms with van der Waals surface area (Å²) in [7, 11) is 1.68. The molecule has 1 fully saturated rings. The van der Waals surface area contributed by atoms with Crippen LogP contribution in [0.1, 0.15) is 29.3 Å². The molecule has 6 nitrogen and oxygen atoms in total. The summed E-state index contributed by atoms with van der Waals surface area (Å²) in [6.07, 6.45) is 1.84. The quantitative estimate of drug-likeness (QED) is 0.714. The van der Waals surface area contributed by atoms with Gasteiger partial charge < -0.3 is 14.5 Å². The minimum atomic E-state index is 0.0545. The maximum Gasteiger partial charge on any atom is 0.223 e. The molecule has 2 aliphatic rings. The van der Waals surface area contributed by atoms with E-state index in [0.29, 0.717) is 13.1 Å². The van der Waals surface area contributed by atoms with Crippen LogP contribution >= 0.6 is 0 Å². The second kappa shape index (κ2) is 8.88. The van der Waals surface area contributed by atoms with Gasteiger partial charge in [0, 0.05) is 56.6 Å². The smallest absolute Gasteiger partial charge is 0.223 e. The first-order valence-electron chi connectivity index (χ1n) is 10.6. The van der Waals surface area contributed by atoms with Crippen LogP contribution in [0.2, 0.25) is 0 Å². The molecular weight excluding hydrogens is 378 g/mol. The molecule has 2 heterocycles. The third kappa shape index (κ3) is 4.33. The lowest BCUT2D eigenvalue weighted by molar-refractivity contribution is -0.116. The van der Waals surface area contributed by atoms with Crippen LogP contribution in [-0.2, 0) is 11.2 Å². The van der Waals surface area contributed by atoms with E-state index in [-0.39, 0.29) is 11.7 Å². The number of nitrogens with zero attached hydrogens (tertiary/aromatic N) is 3. The first-order valence-corrected chi connectivity index (χ1v) is 10.6. The fourth-order valence-electron chi connectivity index (χ4n) is 4.38. The van der Waals surface area contributed by atoms with Gasteiger partial charge in [-0.2, -0.15) is 0 Å². The lowest BCUT2D eigenvalue weighted by Gasteiger charge is -2.23. The predicted molar refractivity (Wildman–Crippen MR) is 119 cm³/mol. The van der Waals surface area contributed by atoms with E-state index in [1.807, 2.05) is 30.3 Å². The van der Waals surface area contributed by atoms with Gasteiger partial charge in [-0.05, 0) is 60.9 Å². The highest BCUT2D eigenvalue weighted by Crippen LogP contribution is 2.29. The van der Waals surface area contributed by atoms with Gasteiger partial charge in [0.25, 0.3) is 0 Å². The normalized spacial score (nSPS) is 16.9. The monoisotopic (exact) mass is 407 g/mol. The van der Waals surface area contributed by atoms with Gasteiger partial charge in [-0.3, -0.25) is 14.5 Å². The number of ketones is 1. The van der Waals surface area contributed by atoms with Crippen LogP contribution in [0.25, 0.3) is 0 Å². The van der Waals surface area contributed by atoms with E-state index in [2.05, 4.69) is 21.9 Å². The van der Waals surface area contributed by atoms with E-state index in [1.165, 1.54) is 5.69 Å². The van der Waals surface area contributed by atoms with Gasteiger partial charge in [0.2, 0.25) is 5.91 Å². The lowest BCUT2D eigenvalue weighted by Crippen LogP contribution is -2.34. The molecule has 0 atom stereocenters. The molecule has 4 rings (SSSR count). The van der Waals surface area contributed by atoms with Crippen molar-refractivity contribution < 1.29 is 14.3 Å². The number of benzene rings is 2. The molecule has 2 aliphatic heterocycles. The van der Waals surface area contributed by atoms with Crippen LogP contribution < -0.4 is 14.5 Å². The number of Topliss-reactive ketones (excluding diaryl/α,β-unsaturated/α-hetero) is 1. The van der Waals surface area contributed by atoms with E-state index in [1.54, 1.807) is 18.9 Å². The summed E-state index contributed by atoms with van der Waals surface area (Å²) in [4.78, 5) is 31.0. The Labute approximate surface area is 178 Å². The van der Waals surface area contributed by atoms with Crippen molar-refractivity contribution in [2.75, 3.05) is 56.2 Å². The highest BCUT2D eigenvalue weighted by Gasteiger charge is 2.24. The molecule has 0 saturated carbocycles. The van der Waals surface area contributed by atoms with E-state index >= 15 is 0 Å². The number of rotatable bonds is 5. The van der Waals surface area contributed by atoms with Crippen LogP contribution in [0, 0.1) is 0 Å². The molecule has 2 aromatic carbocycles. The predicted octanol–water partition coefficient (Wildman–Crippen LogP) is 3.00. The average molecular weight is 408 g/mol. The highest BCUT2D eigenvalue weighted by molar-refractivity contribution is 6.00. The van der Waals surface area contributed by atoms with Gasteiger partial charge in [-0.1, -0.05) is 0 Å². The van der Waals surface area contributed by atoms with Crippen LogP contribution in [0.4, 0.5) is 11.4 Å². The van der Waals surface area contributed by atoms with Crippen molar-refractivity contribution in [2.24, 2.45) is 0 Å². The Morgan fingerprint density at radius 2 is 1.77 bits per heavy atom. The van der Waals surface area contributed by atoms with Gasteiger partial charge in [0.1, 0.15) is 5.75 Å². The zero-order chi connectivity index (χ0) is 21.1. The molecule has 1 amide bonds. The fraction of sp³-hybridized carbons (Fsp3) is 0.417. The van der Waals surface area contributed by atoms with Gasteiger partial charge in [-0.25, -0.2) is 0 Å². The maximum atomic E-state index is 12.9. The Bertz CT molecular complexity index is 926. The highest BCUT2D eigenvalue weighted by atomic mass is 16.5. The zero-order valence-corrected chi connectivity index (χ0v) is 17.8. The zero-order valence-electron chi connectivity index (χ0n) is 17.8. The standard InChI is InChI=1S/C24H29N3O3/c1-18(28)27-13-10-19-16-20(4-9-23(19)27)24(29)17-25-11-3-12-26(15-14-25)21-5-7-22(30-2)8-6-21/h4-9,16H,3,10-15,17H2,1-2H3. The van der Waals surface area contributed by atoms with Crippen LogP contribution in [0.15, 0.2) is 42.5 Å². The molecule has 0 radical (unpaired) electrons.